The van der Waals surface area contributed by atoms with Crippen LogP contribution >= 0.6 is 11.8 Å². The smallest absolute Gasteiger partial charge is 0.387 e. The fraction of sp³-hybridized carbons (Fsp3) is 0.571. The first kappa shape index (κ1) is 17.0. The van der Waals surface area contributed by atoms with Crippen molar-refractivity contribution < 1.29 is 18.3 Å². The molecule has 114 valence electrons. The maximum absolute atomic E-state index is 12.3. The largest absolute Gasteiger partial charge is 0.490 e. The Morgan fingerprint density at radius 3 is 2.75 bits per heavy atom. The van der Waals surface area contributed by atoms with E-state index in [2.05, 4.69) is 16.3 Å². The van der Waals surface area contributed by atoms with E-state index in [0.717, 1.165) is 24.3 Å². The van der Waals surface area contributed by atoms with E-state index in [1.807, 2.05) is 11.8 Å². The van der Waals surface area contributed by atoms with Gasteiger partial charge in [0.1, 0.15) is 0 Å². The summed E-state index contributed by atoms with van der Waals surface area (Å²) in [5, 5.41) is 3.31. The van der Waals surface area contributed by atoms with E-state index in [1.165, 1.54) is 6.07 Å². The lowest BCUT2D eigenvalue weighted by atomic mass is 10.2. The molecule has 0 heterocycles. The van der Waals surface area contributed by atoms with Crippen molar-refractivity contribution in [3.8, 4) is 11.5 Å². The van der Waals surface area contributed by atoms with Gasteiger partial charge in [-0.3, -0.25) is 0 Å². The number of hydrogen-bond acceptors (Lipinski definition) is 4. The zero-order valence-corrected chi connectivity index (χ0v) is 12.6. The Morgan fingerprint density at radius 1 is 1.30 bits per heavy atom. The first-order valence-electron chi connectivity index (χ1n) is 6.57. The number of thioether (sulfide) groups is 1. The van der Waals surface area contributed by atoms with Gasteiger partial charge in [0.2, 0.25) is 0 Å². The highest BCUT2D eigenvalue weighted by Crippen LogP contribution is 2.29. The number of alkyl halides is 2. The van der Waals surface area contributed by atoms with Crippen molar-refractivity contribution >= 4 is 11.8 Å². The summed E-state index contributed by atoms with van der Waals surface area (Å²) in [5.74, 6) is 1.56. The Balaban J connectivity index is 2.57. The summed E-state index contributed by atoms with van der Waals surface area (Å²) in [6.07, 6.45) is 3.18. The van der Waals surface area contributed by atoms with Gasteiger partial charge in [0, 0.05) is 6.54 Å². The number of nitrogens with one attached hydrogen (secondary N) is 1. The fourth-order valence-corrected chi connectivity index (χ4v) is 2.13. The van der Waals surface area contributed by atoms with Crippen LogP contribution in [0.2, 0.25) is 0 Å². The van der Waals surface area contributed by atoms with Crippen LogP contribution in [0.3, 0.4) is 0 Å². The molecule has 1 rings (SSSR count). The van der Waals surface area contributed by atoms with Crippen LogP contribution in [0.4, 0.5) is 8.78 Å². The average Bonchev–Trinajstić information content (AvgIpc) is 2.41. The van der Waals surface area contributed by atoms with E-state index in [9.17, 15) is 8.78 Å². The number of ether oxygens (including phenoxy) is 2. The Labute approximate surface area is 123 Å². The predicted molar refractivity (Wildman–Crippen MR) is 78.9 cm³/mol. The van der Waals surface area contributed by atoms with E-state index in [4.69, 9.17) is 4.74 Å². The molecule has 0 aromatic heterocycles. The highest BCUT2D eigenvalue weighted by atomic mass is 32.2. The molecule has 0 spiro atoms. The normalized spacial score (nSPS) is 10.8. The fourth-order valence-electron chi connectivity index (χ4n) is 1.70. The van der Waals surface area contributed by atoms with E-state index in [0.29, 0.717) is 18.9 Å². The highest BCUT2D eigenvalue weighted by molar-refractivity contribution is 7.98. The first-order valence-corrected chi connectivity index (χ1v) is 7.97. The van der Waals surface area contributed by atoms with Crippen LogP contribution in [0.1, 0.15) is 18.9 Å². The SMILES string of the molecule is CCOc1cc(CNCCCSC)ccc1OC(F)F. The minimum Gasteiger partial charge on any atom is -0.490 e. The van der Waals surface area contributed by atoms with Crippen LogP contribution in [0.25, 0.3) is 0 Å². The van der Waals surface area contributed by atoms with Crippen LogP contribution in [0, 0.1) is 0 Å². The molecule has 0 radical (unpaired) electrons. The molecule has 6 heteroatoms. The molecular weight excluding hydrogens is 284 g/mol. The molecule has 0 unspecified atom stereocenters. The number of halogens is 2. The monoisotopic (exact) mass is 305 g/mol. The van der Waals surface area contributed by atoms with Crippen molar-refractivity contribution in [3.63, 3.8) is 0 Å². The first-order chi connectivity index (χ1) is 9.67. The van der Waals surface area contributed by atoms with E-state index < -0.39 is 6.61 Å². The minimum atomic E-state index is -2.84. The van der Waals surface area contributed by atoms with Gasteiger partial charge in [0.05, 0.1) is 6.61 Å². The molecular formula is C14H21F2NO2S. The molecule has 1 aromatic carbocycles. The van der Waals surface area contributed by atoms with Gasteiger partial charge in [-0.2, -0.15) is 20.5 Å². The molecule has 0 fully saturated rings. The molecule has 0 atom stereocenters. The summed E-state index contributed by atoms with van der Waals surface area (Å²) < 4.78 is 34.3. The second-order valence-electron chi connectivity index (χ2n) is 4.12. The van der Waals surface area contributed by atoms with E-state index in [-0.39, 0.29) is 5.75 Å². The number of benzene rings is 1. The van der Waals surface area contributed by atoms with Gasteiger partial charge in [-0.15, -0.1) is 0 Å². The van der Waals surface area contributed by atoms with Crippen molar-refractivity contribution in [2.24, 2.45) is 0 Å². The summed E-state index contributed by atoms with van der Waals surface area (Å²) in [7, 11) is 0. The van der Waals surface area contributed by atoms with Gasteiger partial charge in [0.25, 0.3) is 0 Å². The van der Waals surface area contributed by atoms with Crippen molar-refractivity contribution in [1.29, 1.82) is 0 Å². The molecule has 0 saturated heterocycles. The van der Waals surface area contributed by atoms with Crippen LogP contribution in [-0.2, 0) is 6.54 Å². The molecule has 0 aliphatic heterocycles. The quantitative estimate of drug-likeness (QED) is 0.670. The van der Waals surface area contributed by atoms with Crippen molar-refractivity contribution in [2.45, 2.75) is 26.5 Å². The van der Waals surface area contributed by atoms with Crippen molar-refractivity contribution in [3.05, 3.63) is 23.8 Å². The van der Waals surface area contributed by atoms with Gasteiger partial charge < -0.3 is 14.8 Å². The second-order valence-corrected chi connectivity index (χ2v) is 5.10. The summed E-state index contributed by atoms with van der Waals surface area (Å²) in [4.78, 5) is 0. The average molecular weight is 305 g/mol. The molecule has 0 aliphatic carbocycles. The third kappa shape index (κ3) is 6.43. The Morgan fingerprint density at radius 2 is 2.10 bits per heavy atom. The maximum atomic E-state index is 12.3. The standard InChI is InChI=1S/C14H21F2NO2S/c1-3-18-13-9-11(10-17-7-4-8-20-2)5-6-12(13)19-14(15)16/h5-6,9,14,17H,3-4,7-8,10H2,1-2H3. The zero-order chi connectivity index (χ0) is 14.8. The molecule has 1 aromatic rings. The summed E-state index contributed by atoms with van der Waals surface area (Å²) in [6.45, 7) is 0.984. The topological polar surface area (TPSA) is 30.5 Å². The number of hydrogen-bond donors (Lipinski definition) is 1. The maximum Gasteiger partial charge on any atom is 0.387 e. The lowest BCUT2D eigenvalue weighted by Crippen LogP contribution is -2.15. The summed E-state index contributed by atoms with van der Waals surface area (Å²) in [6, 6.07) is 5.03. The van der Waals surface area contributed by atoms with Gasteiger partial charge in [-0.05, 0) is 49.6 Å². The van der Waals surface area contributed by atoms with E-state index >= 15 is 0 Å². The van der Waals surface area contributed by atoms with E-state index in [1.54, 1.807) is 19.1 Å². The third-order valence-electron chi connectivity index (χ3n) is 2.56. The Hall–Kier alpha value is -1.01. The van der Waals surface area contributed by atoms with Crippen LogP contribution < -0.4 is 14.8 Å². The summed E-state index contributed by atoms with van der Waals surface area (Å²) >= 11 is 1.82. The molecule has 0 amide bonds. The van der Waals surface area contributed by atoms with Crippen molar-refractivity contribution in [1.82, 2.24) is 5.32 Å². The lowest BCUT2D eigenvalue weighted by molar-refractivity contribution is -0.0514. The highest BCUT2D eigenvalue weighted by Gasteiger charge is 2.11. The van der Waals surface area contributed by atoms with Gasteiger partial charge >= 0.3 is 6.61 Å². The van der Waals surface area contributed by atoms with Crippen LogP contribution in [0.5, 0.6) is 11.5 Å². The molecule has 3 nitrogen and oxygen atoms in total. The number of rotatable bonds is 10. The summed E-state index contributed by atoms with van der Waals surface area (Å²) in [5.41, 5.74) is 0.985. The Bertz CT molecular complexity index is 391. The molecule has 0 saturated carbocycles. The van der Waals surface area contributed by atoms with Gasteiger partial charge in [-0.1, -0.05) is 6.07 Å². The van der Waals surface area contributed by atoms with Gasteiger partial charge in [-0.25, -0.2) is 0 Å². The molecule has 1 N–H and O–H groups in total. The predicted octanol–water partition coefficient (Wildman–Crippen LogP) is 3.53. The van der Waals surface area contributed by atoms with Crippen LogP contribution in [-0.4, -0.2) is 31.8 Å². The van der Waals surface area contributed by atoms with Crippen LogP contribution in [0.15, 0.2) is 18.2 Å². The lowest BCUT2D eigenvalue weighted by Gasteiger charge is -2.13. The third-order valence-corrected chi connectivity index (χ3v) is 3.25. The Kier molecular flexibility index (Phi) is 8.37. The van der Waals surface area contributed by atoms with Gasteiger partial charge in [0.15, 0.2) is 11.5 Å². The second kappa shape index (κ2) is 9.83. The minimum absolute atomic E-state index is 0.0768. The molecule has 0 aliphatic rings. The zero-order valence-electron chi connectivity index (χ0n) is 11.8. The molecule has 20 heavy (non-hydrogen) atoms. The van der Waals surface area contributed by atoms with Crippen molar-refractivity contribution in [2.75, 3.05) is 25.2 Å². The molecule has 0 bridgehead atoms.